The van der Waals surface area contributed by atoms with Crippen molar-refractivity contribution in [3.63, 3.8) is 0 Å². The van der Waals surface area contributed by atoms with Gasteiger partial charge in [-0.05, 0) is 68.0 Å². The summed E-state index contributed by atoms with van der Waals surface area (Å²) in [6, 6.07) is 4.19. The van der Waals surface area contributed by atoms with Crippen LogP contribution < -0.4 is 15.4 Å². The van der Waals surface area contributed by atoms with Crippen molar-refractivity contribution in [1.82, 2.24) is 10.6 Å². The first-order valence-electron chi connectivity index (χ1n) is 8.22. The molecule has 1 aromatic carbocycles. The number of nitrogens with one attached hydrogen (secondary N) is 2. The minimum Gasteiger partial charge on any atom is -0.480 e. The van der Waals surface area contributed by atoms with Crippen molar-refractivity contribution in [3.05, 3.63) is 28.8 Å². The average molecular weight is 302 g/mol. The van der Waals surface area contributed by atoms with Crippen LogP contribution in [0.5, 0.6) is 5.75 Å². The van der Waals surface area contributed by atoms with E-state index in [0.29, 0.717) is 6.42 Å². The fourth-order valence-electron chi connectivity index (χ4n) is 3.28. The number of ether oxygens (including phenoxy) is 1. The molecule has 1 fully saturated rings. The Hall–Kier alpha value is -1.55. The number of aryl methyl sites for hydroxylation is 2. The van der Waals surface area contributed by atoms with Crippen molar-refractivity contribution in [1.29, 1.82) is 0 Å². The number of rotatable bonds is 3. The zero-order valence-electron chi connectivity index (χ0n) is 13.8. The van der Waals surface area contributed by atoms with Gasteiger partial charge in [-0.15, -0.1) is 0 Å². The summed E-state index contributed by atoms with van der Waals surface area (Å²) >= 11 is 0. The fourth-order valence-corrected chi connectivity index (χ4v) is 3.28. The molecule has 1 aromatic rings. The molecule has 1 unspecified atom stereocenters. The summed E-state index contributed by atoms with van der Waals surface area (Å²) in [5.74, 6) is 0.891. The first-order valence-corrected chi connectivity index (χ1v) is 8.22. The SMILES string of the molecule is Cc1cc2c(cc1C)OC(C(=O)NCC1(C)CCNCC1)C2. The Labute approximate surface area is 132 Å². The van der Waals surface area contributed by atoms with E-state index in [-0.39, 0.29) is 17.4 Å². The lowest BCUT2D eigenvalue weighted by atomic mass is 9.81. The van der Waals surface area contributed by atoms with E-state index < -0.39 is 0 Å². The van der Waals surface area contributed by atoms with Gasteiger partial charge >= 0.3 is 0 Å². The number of piperidine rings is 1. The van der Waals surface area contributed by atoms with Gasteiger partial charge in [-0.25, -0.2) is 0 Å². The van der Waals surface area contributed by atoms with Gasteiger partial charge < -0.3 is 15.4 Å². The van der Waals surface area contributed by atoms with E-state index in [4.69, 9.17) is 4.74 Å². The lowest BCUT2D eigenvalue weighted by Crippen LogP contribution is -2.46. The molecule has 0 spiro atoms. The highest BCUT2D eigenvalue weighted by Crippen LogP contribution is 2.32. The molecule has 120 valence electrons. The third kappa shape index (κ3) is 3.12. The molecule has 1 saturated heterocycles. The second-order valence-corrected chi connectivity index (χ2v) is 7.13. The zero-order valence-corrected chi connectivity index (χ0v) is 13.8. The van der Waals surface area contributed by atoms with E-state index in [0.717, 1.165) is 43.8 Å². The Morgan fingerprint density at radius 2 is 2.00 bits per heavy atom. The van der Waals surface area contributed by atoms with Gasteiger partial charge in [0.05, 0.1) is 0 Å². The summed E-state index contributed by atoms with van der Waals surface area (Å²) in [5.41, 5.74) is 3.82. The van der Waals surface area contributed by atoms with E-state index >= 15 is 0 Å². The molecule has 2 N–H and O–H groups in total. The Balaban J connectivity index is 1.58. The molecule has 1 atom stereocenters. The van der Waals surface area contributed by atoms with Gasteiger partial charge in [-0.2, -0.15) is 0 Å². The molecule has 22 heavy (non-hydrogen) atoms. The van der Waals surface area contributed by atoms with Crippen LogP contribution in [0.3, 0.4) is 0 Å². The second kappa shape index (κ2) is 5.92. The monoisotopic (exact) mass is 302 g/mol. The maximum absolute atomic E-state index is 12.4. The molecule has 4 nitrogen and oxygen atoms in total. The molecule has 2 aliphatic rings. The zero-order chi connectivity index (χ0) is 15.7. The van der Waals surface area contributed by atoms with Gasteiger partial charge in [0.15, 0.2) is 6.10 Å². The molecular formula is C18H26N2O2. The molecule has 4 heteroatoms. The molecular weight excluding hydrogens is 276 g/mol. The summed E-state index contributed by atoms with van der Waals surface area (Å²) in [6.07, 6.45) is 2.52. The highest BCUT2D eigenvalue weighted by atomic mass is 16.5. The number of carbonyl (C=O) groups excluding carboxylic acids is 1. The molecule has 1 amide bonds. The van der Waals surface area contributed by atoms with Crippen LogP contribution in [0.25, 0.3) is 0 Å². The second-order valence-electron chi connectivity index (χ2n) is 7.13. The molecule has 2 aliphatic heterocycles. The van der Waals surface area contributed by atoms with Gasteiger partial charge in [0.2, 0.25) is 0 Å². The van der Waals surface area contributed by atoms with E-state index in [2.05, 4.69) is 37.5 Å². The lowest BCUT2D eigenvalue weighted by molar-refractivity contribution is -0.127. The van der Waals surface area contributed by atoms with Crippen LogP contribution >= 0.6 is 0 Å². The van der Waals surface area contributed by atoms with Crippen molar-refractivity contribution < 1.29 is 9.53 Å². The standard InChI is InChI=1S/C18H26N2O2/c1-12-8-14-10-16(22-15(14)9-13(12)2)17(21)20-11-18(3)4-6-19-7-5-18/h8-9,16,19H,4-7,10-11H2,1-3H3,(H,20,21). The Morgan fingerprint density at radius 1 is 1.32 bits per heavy atom. The minimum atomic E-state index is -0.374. The van der Waals surface area contributed by atoms with E-state index in [1.165, 1.54) is 11.1 Å². The van der Waals surface area contributed by atoms with Gasteiger partial charge in [-0.3, -0.25) is 4.79 Å². The van der Waals surface area contributed by atoms with Gasteiger partial charge in [-0.1, -0.05) is 13.0 Å². The number of benzene rings is 1. The first-order chi connectivity index (χ1) is 10.5. The van der Waals surface area contributed by atoms with Crippen molar-refractivity contribution in [2.24, 2.45) is 5.41 Å². The summed E-state index contributed by atoms with van der Waals surface area (Å²) in [5, 5.41) is 6.47. The summed E-state index contributed by atoms with van der Waals surface area (Å²) in [6.45, 7) is 9.24. The van der Waals surface area contributed by atoms with Gasteiger partial charge in [0, 0.05) is 13.0 Å². The first kappa shape index (κ1) is 15.3. The third-order valence-corrected chi connectivity index (χ3v) is 5.14. The van der Waals surface area contributed by atoms with Crippen molar-refractivity contribution in [3.8, 4) is 5.75 Å². The van der Waals surface area contributed by atoms with Crippen molar-refractivity contribution in [2.45, 2.75) is 46.1 Å². The lowest BCUT2D eigenvalue weighted by Gasteiger charge is -2.34. The molecule has 0 saturated carbocycles. The van der Waals surface area contributed by atoms with Crippen LogP contribution in [0.2, 0.25) is 0 Å². The number of hydrogen-bond acceptors (Lipinski definition) is 3. The van der Waals surface area contributed by atoms with Crippen LogP contribution in [0.1, 0.15) is 36.5 Å². The summed E-state index contributed by atoms with van der Waals surface area (Å²) < 4.78 is 5.85. The third-order valence-electron chi connectivity index (χ3n) is 5.14. The van der Waals surface area contributed by atoms with Crippen LogP contribution in [-0.4, -0.2) is 31.6 Å². The molecule has 0 aromatic heterocycles. The Kier molecular flexibility index (Phi) is 4.13. The van der Waals surface area contributed by atoms with Crippen LogP contribution in [-0.2, 0) is 11.2 Å². The topological polar surface area (TPSA) is 50.4 Å². The largest absolute Gasteiger partial charge is 0.480 e. The number of fused-ring (bicyclic) bond motifs is 1. The maximum Gasteiger partial charge on any atom is 0.261 e. The summed E-state index contributed by atoms with van der Waals surface area (Å²) in [4.78, 5) is 12.4. The van der Waals surface area contributed by atoms with E-state index in [1.807, 2.05) is 6.07 Å². The highest BCUT2D eigenvalue weighted by molar-refractivity contribution is 5.82. The quantitative estimate of drug-likeness (QED) is 0.899. The number of carbonyl (C=O) groups is 1. The Morgan fingerprint density at radius 3 is 2.73 bits per heavy atom. The van der Waals surface area contributed by atoms with E-state index in [1.54, 1.807) is 0 Å². The maximum atomic E-state index is 12.4. The molecule has 0 radical (unpaired) electrons. The van der Waals surface area contributed by atoms with Gasteiger partial charge in [0.1, 0.15) is 5.75 Å². The minimum absolute atomic E-state index is 0.0197. The molecule has 3 rings (SSSR count). The molecule has 0 aliphatic carbocycles. The van der Waals surface area contributed by atoms with E-state index in [9.17, 15) is 4.79 Å². The van der Waals surface area contributed by atoms with Crippen molar-refractivity contribution in [2.75, 3.05) is 19.6 Å². The van der Waals surface area contributed by atoms with Crippen LogP contribution in [0, 0.1) is 19.3 Å². The molecule has 2 heterocycles. The van der Waals surface area contributed by atoms with Crippen LogP contribution in [0.4, 0.5) is 0 Å². The average Bonchev–Trinajstić information content (AvgIpc) is 2.89. The van der Waals surface area contributed by atoms with Crippen LogP contribution in [0.15, 0.2) is 12.1 Å². The predicted octanol–water partition coefficient (Wildman–Crippen LogP) is 2.11. The number of amides is 1. The summed E-state index contributed by atoms with van der Waals surface area (Å²) in [7, 11) is 0. The highest BCUT2D eigenvalue weighted by Gasteiger charge is 2.32. The number of hydrogen-bond donors (Lipinski definition) is 2. The van der Waals surface area contributed by atoms with Gasteiger partial charge in [0.25, 0.3) is 5.91 Å². The fraction of sp³-hybridized carbons (Fsp3) is 0.611. The normalized spacial score (nSPS) is 22.8. The predicted molar refractivity (Wildman–Crippen MR) is 87.3 cm³/mol. The Bertz CT molecular complexity index is 546. The van der Waals surface area contributed by atoms with Crippen molar-refractivity contribution >= 4 is 5.91 Å². The smallest absolute Gasteiger partial charge is 0.261 e. The molecule has 0 bridgehead atoms.